The maximum absolute atomic E-state index is 9.22. The van der Waals surface area contributed by atoms with Gasteiger partial charge in [0.05, 0.1) is 34.2 Å². The molecule has 0 amide bonds. The van der Waals surface area contributed by atoms with Gasteiger partial charge in [0.15, 0.2) is 5.01 Å². The van der Waals surface area contributed by atoms with E-state index in [4.69, 9.17) is 4.98 Å². The molecule has 206 valence electrons. The summed E-state index contributed by atoms with van der Waals surface area (Å²) >= 11 is 1.61. The van der Waals surface area contributed by atoms with E-state index in [0.29, 0.717) is 29.4 Å². The minimum absolute atomic E-state index is 0.215. The van der Waals surface area contributed by atoms with Gasteiger partial charge in [0.25, 0.3) is 0 Å². The number of fused-ring (bicyclic) bond motifs is 3. The van der Waals surface area contributed by atoms with Gasteiger partial charge in [-0.25, -0.2) is 14.5 Å². The first-order chi connectivity index (χ1) is 20.1. The van der Waals surface area contributed by atoms with Crippen LogP contribution in [0.15, 0.2) is 55.1 Å². The second-order valence-corrected chi connectivity index (χ2v) is 11.9. The van der Waals surface area contributed by atoms with Crippen molar-refractivity contribution in [2.45, 2.75) is 38.8 Å². The third kappa shape index (κ3) is 4.82. The van der Waals surface area contributed by atoms with Crippen LogP contribution in [0, 0.1) is 23.2 Å². The highest BCUT2D eigenvalue weighted by atomic mass is 32.1. The van der Waals surface area contributed by atoms with Crippen molar-refractivity contribution >= 4 is 33.6 Å². The number of rotatable bonds is 7. The summed E-state index contributed by atoms with van der Waals surface area (Å²) in [5.41, 5.74) is 4.88. The lowest BCUT2D eigenvalue weighted by molar-refractivity contribution is 0.376. The van der Waals surface area contributed by atoms with Gasteiger partial charge in [0.1, 0.15) is 6.07 Å². The van der Waals surface area contributed by atoms with Gasteiger partial charge in [0, 0.05) is 49.5 Å². The summed E-state index contributed by atoms with van der Waals surface area (Å²) in [6, 6.07) is 12.4. The van der Waals surface area contributed by atoms with Gasteiger partial charge in [-0.3, -0.25) is 4.98 Å². The lowest BCUT2D eigenvalue weighted by atomic mass is 9.92. The SMILES string of the molecule is CC(C)Nc1cc(-c2ccc3cc(C#N)cnn23)ncc1-c1nnc(N2C[C@H]3CC[C@@H](C2)[C@@H]3Nc2ncccn2)s1. The van der Waals surface area contributed by atoms with Crippen LogP contribution < -0.4 is 15.5 Å². The molecule has 1 aliphatic carbocycles. The summed E-state index contributed by atoms with van der Waals surface area (Å²) in [7, 11) is 0. The van der Waals surface area contributed by atoms with E-state index in [1.165, 1.54) is 12.8 Å². The molecule has 5 aromatic rings. The van der Waals surface area contributed by atoms with Crippen LogP contribution in [0.5, 0.6) is 0 Å². The maximum atomic E-state index is 9.22. The Kier molecular flexibility index (Phi) is 6.43. The number of hydrogen-bond donors (Lipinski definition) is 2. The van der Waals surface area contributed by atoms with Crippen LogP contribution in [0.3, 0.4) is 0 Å². The largest absolute Gasteiger partial charge is 0.382 e. The molecule has 1 saturated carbocycles. The molecule has 2 N–H and O–H groups in total. The predicted molar refractivity (Wildman–Crippen MR) is 159 cm³/mol. The second-order valence-electron chi connectivity index (χ2n) is 11.0. The normalized spacial score (nSPS) is 20.0. The van der Waals surface area contributed by atoms with Crippen LogP contribution in [-0.2, 0) is 0 Å². The Labute approximate surface area is 241 Å². The van der Waals surface area contributed by atoms with Crippen molar-refractivity contribution in [2.24, 2.45) is 11.8 Å². The van der Waals surface area contributed by atoms with E-state index in [0.717, 1.165) is 51.4 Å². The Bertz CT molecular complexity index is 1720. The average Bonchev–Trinajstić information content (AvgIpc) is 3.69. The highest BCUT2D eigenvalue weighted by Crippen LogP contribution is 2.42. The van der Waals surface area contributed by atoms with Crippen molar-refractivity contribution in [3.05, 3.63) is 60.7 Å². The molecule has 11 nitrogen and oxygen atoms in total. The third-order valence-electron chi connectivity index (χ3n) is 7.85. The summed E-state index contributed by atoms with van der Waals surface area (Å²) in [5.74, 6) is 1.73. The Hall–Kier alpha value is -4.63. The molecule has 41 heavy (non-hydrogen) atoms. The zero-order chi connectivity index (χ0) is 27.9. The number of anilines is 3. The van der Waals surface area contributed by atoms with Gasteiger partial charge in [-0.1, -0.05) is 11.3 Å². The van der Waals surface area contributed by atoms with Gasteiger partial charge in [-0.2, -0.15) is 10.4 Å². The molecular formula is C29H29N11S. The van der Waals surface area contributed by atoms with Gasteiger partial charge in [-0.15, -0.1) is 10.2 Å². The highest BCUT2D eigenvalue weighted by Gasteiger charge is 2.43. The molecule has 12 heteroatoms. The molecule has 0 unspecified atom stereocenters. The molecule has 1 saturated heterocycles. The number of nitrogens with one attached hydrogen (secondary N) is 2. The van der Waals surface area contributed by atoms with Crippen molar-refractivity contribution in [3.63, 3.8) is 0 Å². The van der Waals surface area contributed by atoms with E-state index in [9.17, 15) is 5.26 Å². The Morgan fingerprint density at radius 3 is 2.59 bits per heavy atom. The molecule has 0 radical (unpaired) electrons. The molecule has 6 heterocycles. The fourth-order valence-electron chi connectivity index (χ4n) is 6.04. The standard InChI is InChI=1S/C29H29N11S/c1-17(2)35-23-11-24(25-7-6-21-10-18(12-30)13-34-40(21)25)33-14-22(23)27-37-38-29(41-27)39-15-19-4-5-20(16-39)26(19)36-28-31-8-3-9-32-28/h3,6-11,13-14,17,19-20,26H,4-5,15-16H2,1-2H3,(H,33,35)(H,31,32,36)/t19-,20+,26-. The highest BCUT2D eigenvalue weighted by molar-refractivity contribution is 7.18. The summed E-state index contributed by atoms with van der Waals surface area (Å²) in [6.07, 6.45) is 9.37. The summed E-state index contributed by atoms with van der Waals surface area (Å²) in [5, 5.41) is 31.9. The van der Waals surface area contributed by atoms with Crippen molar-refractivity contribution in [1.29, 1.82) is 5.26 Å². The van der Waals surface area contributed by atoms with Crippen LogP contribution in [0.1, 0.15) is 32.3 Å². The van der Waals surface area contributed by atoms with Gasteiger partial charge >= 0.3 is 0 Å². The topological polar surface area (TPSA) is 133 Å². The minimum Gasteiger partial charge on any atom is -0.382 e. The molecule has 2 aliphatic rings. The fraction of sp³-hybridized carbons (Fsp3) is 0.345. The van der Waals surface area contributed by atoms with Crippen LogP contribution in [0.4, 0.5) is 16.8 Å². The summed E-state index contributed by atoms with van der Waals surface area (Å²) < 4.78 is 1.81. The quantitative estimate of drug-likeness (QED) is 0.286. The second kappa shape index (κ2) is 10.4. The van der Waals surface area contributed by atoms with E-state index in [1.54, 1.807) is 29.9 Å². The van der Waals surface area contributed by atoms with Gasteiger partial charge in [0.2, 0.25) is 11.1 Å². The van der Waals surface area contributed by atoms with Crippen LogP contribution in [-0.4, -0.2) is 59.9 Å². The van der Waals surface area contributed by atoms with Crippen molar-refractivity contribution in [3.8, 4) is 28.0 Å². The molecule has 5 aromatic heterocycles. The van der Waals surface area contributed by atoms with Crippen molar-refractivity contribution in [1.82, 2.24) is 34.8 Å². The van der Waals surface area contributed by atoms with Crippen LogP contribution in [0.25, 0.3) is 27.5 Å². The number of nitrogens with zero attached hydrogens (tertiary/aromatic N) is 9. The fourth-order valence-corrected chi connectivity index (χ4v) is 6.93. The zero-order valence-corrected chi connectivity index (χ0v) is 23.6. The summed E-state index contributed by atoms with van der Waals surface area (Å²) in [6.45, 7) is 6.10. The Morgan fingerprint density at radius 2 is 1.83 bits per heavy atom. The lowest BCUT2D eigenvalue weighted by Gasteiger charge is -2.38. The first-order valence-electron chi connectivity index (χ1n) is 13.8. The predicted octanol–water partition coefficient (Wildman–Crippen LogP) is 4.72. The summed E-state index contributed by atoms with van der Waals surface area (Å²) in [4.78, 5) is 15.9. The van der Waals surface area contributed by atoms with Gasteiger partial charge < -0.3 is 15.5 Å². The van der Waals surface area contributed by atoms with Crippen LogP contribution >= 0.6 is 11.3 Å². The monoisotopic (exact) mass is 563 g/mol. The Balaban J connectivity index is 1.14. The van der Waals surface area contributed by atoms with E-state index in [1.807, 2.05) is 41.0 Å². The molecule has 2 bridgehead atoms. The van der Waals surface area contributed by atoms with Gasteiger partial charge in [-0.05, 0) is 68.9 Å². The number of aromatic nitrogens is 7. The van der Waals surface area contributed by atoms with Crippen molar-refractivity contribution in [2.75, 3.05) is 28.6 Å². The third-order valence-corrected chi connectivity index (χ3v) is 8.87. The number of pyridine rings is 1. The zero-order valence-electron chi connectivity index (χ0n) is 22.8. The first kappa shape index (κ1) is 25.3. The molecule has 2 fully saturated rings. The molecule has 7 rings (SSSR count). The smallest absolute Gasteiger partial charge is 0.222 e. The minimum atomic E-state index is 0.215. The average molecular weight is 564 g/mol. The van der Waals surface area contributed by atoms with Crippen LogP contribution in [0.2, 0.25) is 0 Å². The van der Waals surface area contributed by atoms with E-state index in [2.05, 4.69) is 60.7 Å². The van der Waals surface area contributed by atoms with E-state index in [-0.39, 0.29) is 6.04 Å². The van der Waals surface area contributed by atoms with E-state index < -0.39 is 0 Å². The number of piperidine rings is 1. The number of hydrogen-bond acceptors (Lipinski definition) is 11. The van der Waals surface area contributed by atoms with Crippen molar-refractivity contribution < 1.29 is 0 Å². The van der Waals surface area contributed by atoms with E-state index >= 15 is 0 Å². The Morgan fingerprint density at radius 1 is 1.02 bits per heavy atom. The lowest BCUT2D eigenvalue weighted by Crippen LogP contribution is -2.48. The molecule has 0 aromatic carbocycles. The molecule has 1 aliphatic heterocycles. The molecule has 3 atom stereocenters. The first-order valence-corrected chi connectivity index (χ1v) is 14.6. The maximum Gasteiger partial charge on any atom is 0.222 e. The number of nitriles is 1. The molecular weight excluding hydrogens is 534 g/mol. The molecule has 0 spiro atoms.